The first-order valence-electron chi connectivity index (χ1n) is 10.1. The quantitative estimate of drug-likeness (QED) is 0.631. The molecule has 1 aliphatic rings. The van der Waals surface area contributed by atoms with Crippen LogP contribution in [0.25, 0.3) is 0 Å². The van der Waals surface area contributed by atoms with Crippen molar-refractivity contribution in [3.63, 3.8) is 0 Å². The van der Waals surface area contributed by atoms with Crippen molar-refractivity contribution in [3.8, 4) is 11.5 Å². The molecule has 1 aromatic heterocycles. The van der Waals surface area contributed by atoms with Gasteiger partial charge >= 0.3 is 5.69 Å². The molecule has 0 saturated carbocycles. The fourth-order valence-corrected chi connectivity index (χ4v) is 3.99. The van der Waals surface area contributed by atoms with Crippen LogP contribution in [0.15, 0.2) is 26.2 Å². The molecule has 2 aromatic rings. The molecule has 8 nitrogen and oxygen atoms in total. The smallest absolute Gasteiger partial charge is 0.330 e. The first-order chi connectivity index (χ1) is 14.2. The lowest BCUT2D eigenvalue weighted by Crippen LogP contribution is -2.40. The maximum Gasteiger partial charge on any atom is 0.330 e. The van der Waals surface area contributed by atoms with E-state index in [1.54, 1.807) is 0 Å². The van der Waals surface area contributed by atoms with E-state index in [1.807, 2.05) is 30.9 Å². The van der Waals surface area contributed by atoms with Gasteiger partial charge in [0.2, 0.25) is 0 Å². The molecule has 164 valence electrons. The second kappa shape index (κ2) is 9.16. The van der Waals surface area contributed by atoms with Crippen molar-refractivity contribution in [2.75, 3.05) is 30.4 Å². The second-order valence-corrected chi connectivity index (χ2v) is 9.21. The summed E-state index contributed by atoms with van der Waals surface area (Å²) in [4.78, 5) is 29.5. The number of H-pyrrole nitrogens is 1. The van der Waals surface area contributed by atoms with E-state index in [2.05, 4.69) is 34.8 Å². The first kappa shape index (κ1) is 22.3. The summed E-state index contributed by atoms with van der Waals surface area (Å²) in [5.41, 5.74) is 6.63. The van der Waals surface area contributed by atoms with Crippen LogP contribution in [0.5, 0.6) is 11.5 Å². The Bertz CT molecular complexity index is 1030. The van der Waals surface area contributed by atoms with E-state index in [-0.39, 0.29) is 17.7 Å². The number of fused-ring (bicyclic) bond motifs is 1. The van der Waals surface area contributed by atoms with Crippen molar-refractivity contribution in [2.24, 2.45) is 11.8 Å². The summed E-state index contributed by atoms with van der Waals surface area (Å²) in [6, 6.07) is 3.80. The molecule has 0 bridgehead atoms. The van der Waals surface area contributed by atoms with E-state index >= 15 is 0 Å². The summed E-state index contributed by atoms with van der Waals surface area (Å²) in [6.45, 7) is 10.6. The van der Waals surface area contributed by atoms with E-state index in [0.717, 1.165) is 10.0 Å². The molecule has 3 rings (SSSR count). The zero-order valence-electron chi connectivity index (χ0n) is 17.8. The highest BCUT2D eigenvalue weighted by Crippen LogP contribution is 2.36. The monoisotopic (exact) mass is 480 g/mol. The number of nitrogen functional groups attached to an aromatic ring is 1. The normalized spacial score (nSPS) is 13.2. The van der Waals surface area contributed by atoms with Gasteiger partial charge in [-0.2, -0.15) is 0 Å². The van der Waals surface area contributed by atoms with Crippen LogP contribution >= 0.6 is 15.9 Å². The summed E-state index contributed by atoms with van der Waals surface area (Å²) in [7, 11) is 0. The minimum Gasteiger partial charge on any atom is -0.486 e. The van der Waals surface area contributed by atoms with Crippen LogP contribution in [0.2, 0.25) is 0 Å². The number of aromatic amines is 1. The van der Waals surface area contributed by atoms with Crippen LogP contribution < -0.4 is 31.4 Å². The number of nitrogens with zero attached hydrogens (tertiary/aromatic N) is 2. The van der Waals surface area contributed by atoms with Crippen LogP contribution in [0.3, 0.4) is 0 Å². The molecule has 0 amide bonds. The van der Waals surface area contributed by atoms with Crippen LogP contribution in [-0.4, -0.2) is 29.3 Å². The number of benzene rings is 1. The van der Waals surface area contributed by atoms with Crippen molar-refractivity contribution in [2.45, 2.75) is 40.8 Å². The minimum absolute atomic E-state index is 0.187. The number of rotatable bonds is 7. The van der Waals surface area contributed by atoms with Gasteiger partial charge in [-0.25, -0.2) is 4.79 Å². The molecule has 30 heavy (non-hydrogen) atoms. The lowest BCUT2D eigenvalue weighted by molar-refractivity contribution is 0.171. The number of hydrogen-bond acceptors (Lipinski definition) is 6. The van der Waals surface area contributed by atoms with E-state index in [0.29, 0.717) is 50.0 Å². The Morgan fingerprint density at radius 1 is 1.13 bits per heavy atom. The van der Waals surface area contributed by atoms with Crippen molar-refractivity contribution < 1.29 is 9.47 Å². The third-order valence-corrected chi connectivity index (χ3v) is 5.47. The Morgan fingerprint density at radius 2 is 1.77 bits per heavy atom. The molecule has 0 spiro atoms. The number of anilines is 2. The topological polar surface area (TPSA) is 103 Å². The summed E-state index contributed by atoms with van der Waals surface area (Å²) in [5, 5.41) is 0. The van der Waals surface area contributed by atoms with Crippen LogP contribution in [0.1, 0.15) is 33.3 Å². The summed E-state index contributed by atoms with van der Waals surface area (Å²) >= 11 is 3.60. The van der Waals surface area contributed by atoms with Gasteiger partial charge in [-0.1, -0.05) is 43.6 Å². The standard InChI is InChI=1S/C21H29BrN4O4/c1-12(2)9-25(11-14-7-16-17(8-15(14)22)30-6-5-29-16)18-19(23)26(10-13(3)4)21(28)24-20(18)27/h7-8,12-13H,5-6,9-11,23H2,1-4H3,(H,24,27,28). The highest BCUT2D eigenvalue weighted by atomic mass is 79.9. The number of nitrogens with one attached hydrogen (secondary N) is 1. The van der Waals surface area contributed by atoms with Gasteiger partial charge in [0.25, 0.3) is 5.56 Å². The van der Waals surface area contributed by atoms with E-state index < -0.39 is 11.2 Å². The Balaban J connectivity index is 2.06. The average molecular weight is 481 g/mol. The maximum atomic E-state index is 12.8. The number of hydrogen-bond donors (Lipinski definition) is 2. The maximum absolute atomic E-state index is 12.8. The molecule has 0 unspecified atom stereocenters. The highest BCUT2D eigenvalue weighted by Gasteiger charge is 2.23. The molecule has 9 heteroatoms. The zero-order valence-corrected chi connectivity index (χ0v) is 19.4. The van der Waals surface area contributed by atoms with Gasteiger partial charge < -0.3 is 20.1 Å². The van der Waals surface area contributed by atoms with Gasteiger partial charge in [-0.15, -0.1) is 0 Å². The van der Waals surface area contributed by atoms with Gasteiger partial charge in [-0.05, 0) is 29.5 Å². The fraction of sp³-hybridized carbons (Fsp3) is 0.524. The van der Waals surface area contributed by atoms with Gasteiger partial charge in [0.05, 0.1) is 0 Å². The Morgan fingerprint density at radius 3 is 2.37 bits per heavy atom. The molecule has 0 aliphatic carbocycles. The first-order valence-corrected chi connectivity index (χ1v) is 10.9. The molecule has 0 fully saturated rings. The number of ether oxygens (including phenoxy) is 2. The lowest BCUT2D eigenvalue weighted by atomic mass is 10.1. The van der Waals surface area contributed by atoms with Crippen LogP contribution in [-0.2, 0) is 13.1 Å². The van der Waals surface area contributed by atoms with Crippen LogP contribution in [0.4, 0.5) is 11.5 Å². The molecule has 1 aliphatic heterocycles. The van der Waals surface area contributed by atoms with Gasteiger partial charge in [0.1, 0.15) is 24.7 Å². The Labute approximate surface area is 184 Å². The summed E-state index contributed by atoms with van der Waals surface area (Å²) < 4.78 is 13.6. The highest BCUT2D eigenvalue weighted by molar-refractivity contribution is 9.10. The SMILES string of the molecule is CC(C)CN(Cc1cc2c(cc1Br)OCCO2)c1c(N)n(CC(C)C)c(=O)[nH]c1=O. The summed E-state index contributed by atoms with van der Waals surface area (Å²) in [6.07, 6.45) is 0. The van der Waals surface area contributed by atoms with Crippen LogP contribution in [0, 0.1) is 11.8 Å². The predicted octanol–water partition coefficient (Wildman–Crippen LogP) is 2.97. The fourth-order valence-electron chi connectivity index (χ4n) is 3.54. The van der Waals surface area contributed by atoms with E-state index in [4.69, 9.17) is 15.2 Å². The molecule has 0 radical (unpaired) electrons. The number of nitrogens with two attached hydrogens (primary N) is 1. The van der Waals surface area contributed by atoms with Gasteiger partial charge in [0, 0.05) is 24.1 Å². The van der Waals surface area contributed by atoms with Crippen molar-refractivity contribution in [1.82, 2.24) is 9.55 Å². The van der Waals surface area contributed by atoms with E-state index in [9.17, 15) is 9.59 Å². The van der Waals surface area contributed by atoms with Gasteiger partial charge in [0.15, 0.2) is 11.5 Å². The van der Waals surface area contributed by atoms with Gasteiger partial charge in [-0.3, -0.25) is 14.3 Å². The van der Waals surface area contributed by atoms with Crippen molar-refractivity contribution in [3.05, 3.63) is 43.0 Å². The van der Waals surface area contributed by atoms with E-state index in [1.165, 1.54) is 4.57 Å². The predicted molar refractivity (Wildman–Crippen MR) is 122 cm³/mol. The number of halogens is 1. The minimum atomic E-state index is -0.486. The molecule has 3 N–H and O–H groups in total. The third kappa shape index (κ3) is 4.83. The molecule has 1 aromatic carbocycles. The van der Waals surface area contributed by atoms with Crippen molar-refractivity contribution >= 4 is 27.4 Å². The summed E-state index contributed by atoms with van der Waals surface area (Å²) in [5.74, 6) is 2.03. The third-order valence-electron chi connectivity index (χ3n) is 4.74. The average Bonchev–Trinajstić information content (AvgIpc) is 2.65. The second-order valence-electron chi connectivity index (χ2n) is 8.36. The largest absolute Gasteiger partial charge is 0.486 e. The molecule has 2 heterocycles. The molecule has 0 atom stereocenters. The lowest BCUT2D eigenvalue weighted by Gasteiger charge is -2.29. The molecular formula is C21H29BrN4O4. The zero-order chi connectivity index (χ0) is 22.0. The number of aromatic nitrogens is 2. The molecular weight excluding hydrogens is 452 g/mol. The Kier molecular flexibility index (Phi) is 6.80. The Hall–Kier alpha value is -2.42. The van der Waals surface area contributed by atoms with Crippen molar-refractivity contribution in [1.29, 1.82) is 0 Å². The molecule has 0 saturated heterocycles.